The van der Waals surface area contributed by atoms with Crippen molar-refractivity contribution >= 4 is 41.3 Å². The number of nitrogens with zero attached hydrogens (tertiary/aromatic N) is 2. The number of thiophene rings is 1. The van der Waals surface area contributed by atoms with Crippen LogP contribution in [0.15, 0.2) is 46.8 Å². The number of hydrogen-bond acceptors (Lipinski definition) is 4. The highest BCUT2D eigenvalue weighted by molar-refractivity contribution is 14.0. The Labute approximate surface area is 196 Å². The van der Waals surface area contributed by atoms with Gasteiger partial charge in [-0.15, -0.1) is 35.3 Å². The van der Waals surface area contributed by atoms with Crippen LogP contribution in [-0.2, 0) is 6.54 Å². The first kappa shape index (κ1) is 24.0. The first-order valence-electron chi connectivity index (χ1n) is 10.0. The Morgan fingerprint density at radius 1 is 1.21 bits per heavy atom. The zero-order chi connectivity index (χ0) is 19.8. The maximum Gasteiger partial charge on any atom is 0.191 e. The number of aliphatic imine (C=N–C) groups is 1. The third-order valence-electron chi connectivity index (χ3n) is 5.44. The number of guanidine groups is 1. The predicted molar refractivity (Wildman–Crippen MR) is 134 cm³/mol. The minimum atomic E-state index is 0. The molecule has 1 aliphatic heterocycles. The third kappa shape index (κ3) is 7.15. The lowest BCUT2D eigenvalue weighted by Crippen LogP contribution is -2.44. The SMILES string of the molecule is CN=C(NCc1ccc(OC)cc1)NCC(c1cccs1)N1CCC(C)CC1.I. The summed E-state index contributed by atoms with van der Waals surface area (Å²) in [6, 6.07) is 12.9. The van der Waals surface area contributed by atoms with Gasteiger partial charge in [0.25, 0.3) is 0 Å². The quantitative estimate of drug-likeness (QED) is 0.316. The van der Waals surface area contributed by atoms with E-state index in [4.69, 9.17) is 4.74 Å². The second kappa shape index (κ2) is 12.4. The standard InChI is InChI=1S/C22H32N4OS.HI/c1-17-10-12-26(13-11-17)20(21-5-4-14-28-21)16-25-22(23-2)24-15-18-6-8-19(27-3)9-7-18;/h4-9,14,17,20H,10-13,15-16H2,1-3H3,(H2,23,24,25);1H. The molecule has 5 nitrogen and oxygen atoms in total. The maximum atomic E-state index is 5.22. The molecule has 0 saturated carbocycles. The van der Waals surface area contributed by atoms with Crippen molar-refractivity contribution < 1.29 is 4.74 Å². The number of ether oxygens (including phenoxy) is 1. The molecule has 0 bridgehead atoms. The minimum absolute atomic E-state index is 0. The van der Waals surface area contributed by atoms with E-state index in [9.17, 15) is 0 Å². The molecule has 1 aromatic heterocycles. The van der Waals surface area contributed by atoms with Crippen LogP contribution in [0.3, 0.4) is 0 Å². The lowest BCUT2D eigenvalue weighted by atomic mass is 9.97. The van der Waals surface area contributed by atoms with Crippen LogP contribution >= 0.6 is 35.3 Å². The largest absolute Gasteiger partial charge is 0.497 e. The molecule has 1 fully saturated rings. The summed E-state index contributed by atoms with van der Waals surface area (Å²) in [7, 11) is 3.51. The van der Waals surface area contributed by atoms with Gasteiger partial charge in [-0.05, 0) is 61.0 Å². The van der Waals surface area contributed by atoms with E-state index in [0.29, 0.717) is 6.04 Å². The first-order chi connectivity index (χ1) is 13.7. The summed E-state index contributed by atoms with van der Waals surface area (Å²) in [5, 5.41) is 9.13. The van der Waals surface area contributed by atoms with Crippen LogP contribution in [0.5, 0.6) is 5.75 Å². The van der Waals surface area contributed by atoms with Crippen molar-refractivity contribution in [2.24, 2.45) is 10.9 Å². The van der Waals surface area contributed by atoms with E-state index >= 15 is 0 Å². The number of likely N-dealkylation sites (tertiary alicyclic amines) is 1. The molecule has 29 heavy (non-hydrogen) atoms. The molecule has 1 saturated heterocycles. The molecule has 0 aliphatic carbocycles. The number of benzene rings is 1. The van der Waals surface area contributed by atoms with E-state index < -0.39 is 0 Å². The Bertz CT molecular complexity index is 728. The van der Waals surface area contributed by atoms with Crippen molar-refractivity contribution in [3.63, 3.8) is 0 Å². The number of methoxy groups -OCH3 is 1. The first-order valence-corrected chi connectivity index (χ1v) is 10.9. The van der Waals surface area contributed by atoms with Crippen LogP contribution in [-0.4, -0.2) is 44.7 Å². The van der Waals surface area contributed by atoms with Gasteiger partial charge in [0.05, 0.1) is 13.2 Å². The molecule has 0 amide bonds. The normalized spacial score (nSPS) is 16.7. The smallest absolute Gasteiger partial charge is 0.191 e. The molecule has 7 heteroatoms. The fourth-order valence-electron chi connectivity index (χ4n) is 3.57. The molecular formula is C22H33IN4OS. The van der Waals surface area contributed by atoms with E-state index in [1.807, 2.05) is 30.5 Å². The van der Waals surface area contributed by atoms with Gasteiger partial charge >= 0.3 is 0 Å². The van der Waals surface area contributed by atoms with Gasteiger partial charge in [-0.3, -0.25) is 9.89 Å². The number of piperidine rings is 1. The summed E-state index contributed by atoms with van der Waals surface area (Å²) in [5.41, 5.74) is 1.20. The zero-order valence-electron chi connectivity index (χ0n) is 17.6. The Morgan fingerprint density at radius 2 is 1.93 bits per heavy atom. The van der Waals surface area contributed by atoms with Crippen LogP contribution < -0.4 is 15.4 Å². The summed E-state index contributed by atoms with van der Waals surface area (Å²) < 4.78 is 5.22. The van der Waals surface area contributed by atoms with Gasteiger partial charge in [-0.25, -0.2) is 0 Å². The van der Waals surface area contributed by atoms with Crippen molar-refractivity contribution in [3.8, 4) is 5.75 Å². The second-order valence-corrected chi connectivity index (χ2v) is 8.38. The van der Waals surface area contributed by atoms with Gasteiger partial charge in [0.2, 0.25) is 0 Å². The number of rotatable bonds is 7. The summed E-state index contributed by atoms with van der Waals surface area (Å²) in [6.45, 7) is 6.29. The Morgan fingerprint density at radius 3 is 2.52 bits per heavy atom. The Hall–Kier alpha value is -1.32. The molecule has 0 spiro atoms. The molecule has 1 unspecified atom stereocenters. The Kier molecular flexibility index (Phi) is 10.2. The maximum absolute atomic E-state index is 5.22. The minimum Gasteiger partial charge on any atom is -0.497 e. The number of hydrogen-bond donors (Lipinski definition) is 2. The highest BCUT2D eigenvalue weighted by Gasteiger charge is 2.25. The predicted octanol–water partition coefficient (Wildman–Crippen LogP) is 4.51. The molecule has 2 N–H and O–H groups in total. The highest BCUT2D eigenvalue weighted by atomic mass is 127. The van der Waals surface area contributed by atoms with Crippen molar-refractivity contribution in [2.75, 3.05) is 33.8 Å². The van der Waals surface area contributed by atoms with Gasteiger partial charge in [0.15, 0.2) is 5.96 Å². The summed E-state index contributed by atoms with van der Waals surface area (Å²) in [5.74, 6) is 2.55. The topological polar surface area (TPSA) is 48.9 Å². The molecule has 1 atom stereocenters. The fraction of sp³-hybridized carbons (Fsp3) is 0.500. The monoisotopic (exact) mass is 528 g/mol. The third-order valence-corrected chi connectivity index (χ3v) is 6.41. The van der Waals surface area contributed by atoms with Gasteiger partial charge in [0.1, 0.15) is 5.75 Å². The van der Waals surface area contributed by atoms with Gasteiger partial charge in [0, 0.05) is 25.0 Å². The average molecular weight is 529 g/mol. The van der Waals surface area contributed by atoms with Crippen LogP contribution in [0.2, 0.25) is 0 Å². The second-order valence-electron chi connectivity index (χ2n) is 7.40. The lowest BCUT2D eigenvalue weighted by molar-refractivity contribution is 0.140. The number of nitrogens with one attached hydrogen (secondary N) is 2. The van der Waals surface area contributed by atoms with Crippen LogP contribution in [0, 0.1) is 5.92 Å². The van der Waals surface area contributed by atoms with E-state index in [1.165, 1.54) is 36.4 Å². The molecule has 3 rings (SSSR count). The molecule has 0 radical (unpaired) electrons. The zero-order valence-corrected chi connectivity index (χ0v) is 20.7. The molecular weight excluding hydrogens is 495 g/mol. The average Bonchev–Trinajstić information content (AvgIpc) is 3.26. The van der Waals surface area contributed by atoms with Crippen molar-refractivity contribution in [1.29, 1.82) is 0 Å². The van der Waals surface area contributed by atoms with Crippen LogP contribution in [0.25, 0.3) is 0 Å². The van der Waals surface area contributed by atoms with Gasteiger partial charge < -0.3 is 15.4 Å². The van der Waals surface area contributed by atoms with E-state index in [0.717, 1.165) is 30.7 Å². The summed E-state index contributed by atoms with van der Waals surface area (Å²) in [4.78, 5) is 8.45. The summed E-state index contributed by atoms with van der Waals surface area (Å²) in [6.07, 6.45) is 2.57. The molecule has 2 aromatic rings. The van der Waals surface area contributed by atoms with Crippen LogP contribution in [0.4, 0.5) is 0 Å². The van der Waals surface area contributed by atoms with E-state index in [1.54, 1.807) is 7.11 Å². The van der Waals surface area contributed by atoms with E-state index in [2.05, 4.69) is 57.1 Å². The van der Waals surface area contributed by atoms with Gasteiger partial charge in [-0.2, -0.15) is 0 Å². The fourth-order valence-corrected chi connectivity index (χ4v) is 4.43. The number of halogens is 1. The van der Waals surface area contributed by atoms with Crippen molar-refractivity contribution in [1.82, 2.24) is 15.5 Å². The van der Waals surface area contributed by atoms with E-state index in [-0.39, 0.29) is 24.0 Å². The van der Waals surface area contributed by atoms with Crippen molar-refractivity contribution in [3.05, 3.63) is 52.2 Å². The van der Waals surface area contributed by atoms with Crippen molar-refractivity contribution in [2.45, 2.75) is 32.4 Å². The molecule has 1 aliphatic rings. The molecule has 160 valence electrons. The highest BCUT2D eigenvalue weighted by Crippen LogP contribution is 2.29. The van der Waals surface area contributed by atoms with Crippen LogP contribution in [0.1, 0.15) is 36.2 Å². The lowest BCUT2D eigenvalue weighted by Gasteiger charge is -2.36. The van der Waals surface area contributed by atoms with Gasteiger partial charge in [-0.1, -0.05) is 25.1 Å². The summed E-state index contributed by atoms with van der Waals surface area (Å²) >= 11 is 1.84. The Balaban J connectivity index is 0.00000300. The molecule has 2 heterocycles. The molecule has 1 aromatic carbocycles.